The number of nitrogens with zero attached hydrogens (tertiary/aromatic N) is 1. The molecule has 0 bridgehead atoms. The normalized spacial score (nSPS) is 14.9. The maximum atomic E-state index is 10.3. The van der Waals surface area contributed by atoms with E-state index in [1.807, 2.05) is 0 Å². The van der Waals surface area contributed by atoms with Crippen molar-refractivity contribution in [1.82, 2.24) is 4.90 Å². The van der Waals surface area contributed by atoms with Crippen LogP contribution in [0.1, 0.15) is 51.3 Å². The summed E-state index contributed by atoms with van der Waals surface area (Å²) < 4.78 is 0. The lowest BCUT2D eigenvalue weighted by Crippen LogP contribution is -2.36. The summed E-state index contributed by atoms with van der Waals surface area (Å²) in [6.45, 7) is 9.51. The van der Waals surface area contributed by atoms with Gasteiger partial charge in [-0.3, -0.25) is 0 Å². The molecule has 0 aliphatic rings. The molecular formula is C17H29NO. The summed E-state index contributed by atoms with van der Waals surface area (Å²) >= 11 is 0. The molecule has 0 heterocycles. The van der Waals surface area contributed by atoms with Crippen molar-refractivity contribution < 1.29 is 5.11 Å². The molecule has 0 radical (unpaired) electrons. The predicted octanol–water partition coefficient (Wildman–Crippen LogP) is 3.65. The Bertz CT molecular complexity index is 358. The lowest BCUT2D eigenvalue weighted by Gasteiger charge is -2.29. The highest BCUT2D eigenvalue weighted by Gasteiger charge is 2.17. The van der Waals surface area contributed by atoms with Crippen molar-refractivity contribution in [2.45, 2.75) is 52.7 Å². The van der Waals surface area contributed by atoms with Crippen LogP contribution < -0.4 is 0 Å². The van der Waals surface area contributed by atoms with Crippen molar-refractivity contribution in [3.8, 4) is 0 Å². The molecule has 1 aromatic carbocycles. The molecule has 2 heteroatoms. The first-order chi connectivity index (χ1) is 8.95. The molecule has 2 atom stereocenters. The second kappa shape index (κ2) is 7.66. The summed E-state index contributed by atoms with van der Waals surface area (Å²) in [6, 6.07) is 8.86. The minimum Gasteiger partial charge on any atom is -0.387 e. The Labute approximate surface area is 118 Å². The molecule has 0 aromatic heterocycles. The van der Waals surface area contributed by atoms with Crippen molar-refractivity contribution >= 4 is 0 Å². The Morgan fingerprint density at radius 3 is 2.16 bits per heavy atom. The highest BCUT2D eigenvalue weighted by molar-refractivity contribution is 5.24. The smallest absolute Gasteiger partial charge is 0.0916 e. The fraction of sp³-hybridized carbons (Fsp3) is 0.647. The average Bonchev–Trinajstić information content (AvgIpc) is 2.38. The maximum Gasteiger partial charge on any atom is 0.0916 e. The first kappa shape index (κ1) is 16.2. The van der Waals surface area contributed by atoms with E-state index in [9.17, 15) is 5.11 Å². The van der Waals surface area contributed by atoms with Crippen LogP contribution in [-0.2, 0) is 6.42 Å². The van der Waals surface area contributed by atoms with Crippen molar-refractivity contribution in [2.24, 2.45) is 5.92 Å². The minimum atomic E-state index is -0.401. The number of hydrogen-bond donors (Lipinski definition) is 1. The molecule has 19 heavy (non-hydrogen) atoms. The Morgan fingerprint density at radius 1 is 1.11 bits per heavy atom. The van der Waals surface area contributed by atoms with Crippen LogP contribution in [0.15, 0.2) is 24.3 Å². The van der Waals surface area contributed by atoms with Crippen molar-refractivity contribution in [3.63, 3.8) is 0 Å². The highest BCUT2D eigenvalue weighted by Crippen LogP contribution is 2.18. The van der Waals surface area contributed by atoms with E-state index in [-0.39, 0.29) is 0 Å². The van der Waals surface area contributed by atoms with Gasteiger partial charge in [0.15, 0.2) is 0 Å². The zero-order valence-electron chi connectivity index (χ0n) is 13.1. The van der Waals surface area contributed by atoms with Crippen LogP contribution >= 0.6 is 0 Å². The molecule has 0 amide bonds. The second-order valence-electron chi connectivity index (χ2n) is 5.93. The van der Waals surface area contributed by atoms with Gasteiger partial charge in [-0.1, -0.05) is 51.5 Å². The SMILES string of the molecule is CCCc1ccc(C(O)CN(C)C(C)C(C)C)cc1. The first-order valence-electron chi connectivity index (χ1n) is 7.42. The molecule has 2 nitrogen and oxygen atoms in total. The summed E-state index contributed by atoms with van der Waals surface area (Å²) in [5, 5.41) is 10.3. The lowest BCUT2D eigenvalue weighted by atomic mass is 10.0. The number of likely N-dealkylation sites (N-methyl/N-ethyl adjacent to an activating group) is 1. The van der Waals surface area contributed by atoms with Crippen LogP contribution in [0.3, 0.4) is 0 Å². The zero-order valence-corrected chi connectivity index (χ0v) is 13.1. The third-order valence-corrected chi connectivity index (χ3v) is 4.02. The number of aliphatic hydroxyl groups excluding tert-OH is 1. The van der Waals surface area contributed by atoms with Gasteiger partial charge in [-0.25, -0.2) is 0 Å². The van der Waals surface area contributed by atoms with Crippen molar-refractivity contribution in [1.29, 1.82) is 0 Å². The summed E-state index contributed by atoms with van der Waals surface area (Å²) in [7, 11) is 2.08. The molecule has 2 unspecified atom stereocenters. The summed E-state index contributed by atoms with van der Waals surface area (Å²) in [5.74, 6) is 0.601. The molecule has 0 aliphatic carbocycles. The molecule has 0 aliphatic heterocycles. The molecule has 0 saturated carbocycles. The average molecular weight is 263 g/mol. The highest BCUT2D eigenvalue weighted by atomic mass is 16.3. The number of hydrogen-bond acceptors (Lipinski definition) is 2. The number of rotatable bonds is 7. The fourth-order valence-corrected chi connectivity index (χ4v) is 2.25. The van der Waals surface area contributed by atoms with Crippen molar-refractivity contribution in [2.75, 3.05) is 13.6 Å². The molecular weight excluding hydrogens is 234 g/mol. The van der Waals surface area contributed by atoms with Crippen LogP contribution in [0, 0.1) is 5.92 Å². The van der Waals surface area contributed by atoms with Gasteiger partial charge < -0.3 is 10.0 Å². The maximum absolute atomic E-state index is 10.3. The van der Waals surface area contributed by atoms with Gasteiger partial charge in [0.2, 0.25) is 0 Å². The molecule has 0 spiro atoms. The van der Waals surface area contributed by atoms with Gasteiger partial charge in [0, 0.05) is 12.6 Å². The van der Waals surface area contributed by atoms with E-state index < -0.39 is 6.10 Å². The van der Waals surface area contributed by atoms with Crippen molar-refractivity contribution in [3.05, 3.63) is 35.4 Å². The van der Waals surface area contributed by atoms with E-state index >= 15 is 0 Å². The van der Waals surface area contributed by atoms with Crippen LogP contribution in [0.5, 0.6) is 0 Å². The monoisotopic (exact) mass is 263 g/mol. The van der Waals surface area contributed by atoms with E-state index in [0.717, 1.165) is 18.4 Å². The van der Waals surface area contributed by atoms with E-state index in [4.69, 9.17) is 0 Å². The third-order valence-electron chi connectivity index (χ3n) is 4.02. The zero-order chi connectivity index (χ0) is 14.4. The molecule has 0 saturated heterocycles. The minimum absolute atomic E-state index is 0.401. The quantitative estimate of drug-likeness (QED) is 0.811. The number of aliphatic hydroxyl groups is 1. The van der Waals surface area contributed by atoms with Gasteiger partial charge in [0.05, 0.1) is 6.10 Å². The Hall–Kier alpha value is -0.860. The standard InChI is InChI=1S/C17H29NO/c1-6-7-15-8-10-16(11-9-15)17(19)12-18(5)14(4)13(2)3/h8-11,13-14,17,19H,6-7,12H2,1-5H3. The van der Waals surface area contributed by atoms with Crippen LogP contribution in [0.4, 0.5) is 0 Å². The molecule has 1 rings (SSSR count). The van der Waals surface area contributed by atoms with E-state index in [1.165, 1.54) is 5.56 Å². The van der Waals surface area contributed by atoms with Gasteiger partial charge in [0.25, 0.3) is 0 Å². The predicted molar refractivity (Wildman–Crippen MR) is 82.3 cm³/mol. The number of aryl methyl sites for hydroxylation is 1. The molecule has 0 fully saturated rings. The summed E-state index contributed by atoms with van der Waals surface area (Å²) in [6.07, 6.45) is 1.87. The van der Waals surface area contributed by atoms with E-state index in [1.54, 1.807) is 0 Å². The Morgan fingerprint density at radius 2 is 1.68 bits per heavy atom. The van der Waals surface area contributed by atoms with Gasteiger partial charge in [0.1, 0.15) is 0 Å². The Balaban J connectivity index is 2.59. The number of benzene rings is 1. The molecule has 1 aromatic rings. The van der Waals surface area contributed by atoms with Gasteiger partial charge in [-0.2, -0.15) is 0 Å². The summed E-state index contributed by atoms with van der Waals surface area (Å²) in [5.41, 5.74) is 2.37. The summed E-state index contributed by atoms with van der Waals surface area (Å²) in [4.78, 5) is 2.23. The van der Waals surface area contributed by atoms with E-state index in [2.05, 4.69) is 63.9 Å². The van der Waals surface area contributed by atoms with Crippen LogP contribution in [0.2, 0.25) is 0 Å². The molecule has 108 valence electrons. The third kappa shape index (κ3) is 4.96. The topological polar surface area (TPSA) is 23.5 Å². The fourth-order valence-electron chi connectivity index (χ4n) is 2.25. The lowest BCUT2D eigenvalue weighted by molar-refractivity contribution is 0.0955. The largest absolute Gasteiger partial charge is 0.387 e. The van der Waals surface area contributed by atoms with Crippen LogP contribution in [-0.4, -0.2) is 29.6 Å². The second-order valence-corrected chi connectivity index (χ2v) is 5.93. The van der Waals surface area contributed by atoms with Gasteiger partial charge >= 0.3 is 0 Å². The molecule has 1 N–H and O–H groups in total. The van der Waals surface area contributed by atoms with Crippen LogP contribution in [0.25, 0.3) is 0 Å². The van der Waals surface area contributed by atoms with E-state index in [0.29, 0.717) is 18.5 Å². The Kier molecular flexibility index (Phi) is 6.53. The van der Waals surface area contributed by atoms with Gasteiger partial charge in [-0.15, -0.1) is 0 Å². The van der Waals surface area contributed by atoms with Gasteiger partial charge in [-0.05, 0) is 37.4 Å². The first-order valence-corrected chi connectivity index (χ1v) is 7.42.